The molecule has 7 heteroatoms. The number of nitrogens with one attached hydrogen (secondary N) is 2. The monoisotopic (exact) mass is 306 g/mol. The van der Waals surface area contributed by atoms with Crippen LogP contribution in [0.2, 0.25) is 0 Å². The molecule has 1 saturated heterocycles. The molecule has 2 unspecified atom stereocenters. The van der Waals surface area contributed by atoms with Crippen molar-refractivity contribution in [2.24, 2.45) is 0 Å². The summed E-state index contributed by atoms with van der Waals surface area (Å²) in [5.74, 6) is 1.23. The van der Waals surface area contributed by atoms with Crippen molar-refractivity contribution in [3.05, 3.63) is 11.8 Å². The van der Waals surface area contributed by atoms with Gasteiger partial charge in [-0.3, -0.25) is 10.1 Å². The second kappa shape index (κ2) is 5.98. The van der Waals surface area contributed by atoms with Gasteiger partial charge in [0.05, 0.1) is 6.04 Å². The van der Waals surface area contributed by atoms with Crippen LogP contribution in [0, 0.1) is 0 Å². The van der Waals surface area contributed by atoms with Crippen LogP contribution < -0.4 is 10.6 Å². The number of carbonyl (C=O) groups is 2. The molecule has 3 rings (SSSR count). The summed E-state index contributed by atoms with van der Waals surface area (Å²) in [6.07, 6.45) is 4.04. The number of amides is 3. The van der Waals surface area contributed by atoms with Crippen molar-refractivity contribution in [1.29, 1.82) is 0 Å². The van der Waals surface area contributed by atoms with Gasteiger partial charge in [-0.2, -0.15) is 0 Å². The van der Waals surface area contributed by atoms with Crippen molar-refractivity contribution >= 4 is 17.8 Å². The van der Waals surface area contributed by atoms with Gasteiger partial charge in [-0.25, -0.2) is 4.79 Å². The Labute approximate surface area is 129 Å². The summed E-state index contributed by atoms with van der Waals surface area (Å²) >= 11 is 0. The molecular weight excluding hydrogens is 284 g/mol. The summed E-state index contributed by atoms with van der Waals surface area (Å²) in [7, 11) is 0. The third-order valence-electron chi connectivity index (χ3n) is 4.38. The molecule has 0 radical (unpaired) electrons. The number of rotatable bonds is 2. The highest BCUT2D eigenvalue weighted by molar-refractivity contribution is 5.92. The van der Waals surface area contributed by atoms with Gasteiger partial charge in [0.2, 0.25) is 5.91 Å². The lowest BCUT2D eigenvalue weighted by molar-refractivity contribution is -0.126. The van der Waals surface area contributed by atoms with Crippen LogP contribution in [0.15, 0.2) is 10.6 Å². The Balaban J connectivity index is 1.70. The highest BCUT2D eigenvalue weighted by Gasteiger charge is 2.39. The van der Waals surface area contributed by atoms with Gasteiger partial charge < -0.3 is 14.7 Å². The van der Waals surface area contributed by atoms with Crippen molar-refractivity contribution in [3.8, 4) is 0 Å². The van der Waals surface area contributed by atoms with Crippen molar-refractivity contribution in [2.45, 2.75) is 57.5 Å². The van der Waals surface area contributed by atoms with E-state index in [-0.39, 0.29) is 36.5 Å². The van der Waals surface area contributed by atoms with Crippen LogP contribution in [0.25, 0.3) is 0 Å². The van der Waals surface area contributed by atoms with Crippen LogP contribution >= 0.6 is 0 Å². The van der Waals surface area contributed by atoms with Crippen LogP contribution in [-0.4, -0.2) is 40.6 Å². The highest BCUT2D eigenvalue weighted by Crippen LogP contribution is 2.26. The Hall–Kier alpha value is -2.05. The number of hydrogen-bond donors (Lipinski definition) is 2. The number of nitrogens with zero attached hydrogens (tertiary/aromatic N) is 2. The fourth-order valence-corrected chi connectivity index (χ4v) is 3.20. The van der Waals surface area contributed by atoms with E-state index in [1.54, 1.807) is 11.0 Å². The first-order valence-electron chi connectivity index (χ1n) is 7.88. The van der Waals surface area contributed by atoms with Gasteiger partial charge in [0.1, 0.15) is 12.3 Å². The SMILES string of the molecule is CC(C)c1cc(NC(=O)N2CC(=O)NC3CCCCC32)no1. The van der Waals surface area contributed by atoms with E-state index in [9.17, 15) is 9.59 Å². The van der Waals surface area contributed by atoms with Crippen molar-refractivity contribution < 1.29 is 14.1 Å². The molecule has 2 heterocycles. The van der Waals surface area contributed by atoms with E-state index in [1.807, 2.05) is 13.8 Å². The second-order valence-electron chi connectivity index (χ2n) is 6.35. The molecule has 22 heavy (non-hydrogen) atoms. The maximum Gasteiger partial charge on any atom is 0.323 e. The molecule has 2 aliphatic rings. The third-order valence-corrected chi connectivity index (χ3v) is 4.38. The number of fused-ring (bicyclic) bond motifs is 1. The van der Waals surface area contributed by atoms with Crippen LogP contribution in [0.1, 0.15) is 51.2 Å². The first-order valence-corrected chi connectivity index (χ1v) is 7.88. The van der Waals surface area contributed by atoms with Gasteiger partial charge in [0.25, 0.3) is 0 Å². The molecule has 120 valence electrons. The summed E-state index contributed by atoms with van der Waals surface area (Å²) in [5, 5.41) is 9.60. The van der Waals surface area contributed by atoms with E-state index in [1.165, 1.54) is 0 Å². The Bertz CT molecular complexity index is 569. The summed E-state index contributed by atoms with van der Waals surface area (Å²) in [4.78, 5) is 25.9. The van der Waals surface area contributed by atoms with E-state index in [4.69, 9.17) is 4.52 Å². The standard InChI is InChI=1S/C15H22N4O3/c1-9(2)12-7-13(18-22-12)17-15(21)19-8-14(20)16-10-5-3-4-6-11(10)19/h7,9-11H,3-6,8H2,1-2H3,(H,16,20)(H,17,18,21). The predicted molar refractivity (Wildman–Crippen MR) is 80.5 cm³/mol. The summed E-state index contributed by atoms with van der Waals surface area (Å²) in [6.45, 7) is 4.09. The van der Waals surface area contributed by atoms with Gasteiger partial charge in [0, 0.05) is 18.0 Å². The average molecular weight is 306 g/mol. The Kier molecular flexibility index (Phi) is 4.04. The molecule has 0 bridgehead atoms. The molecule has 1 aromatic heterocycles. The minimum absolute atomic E-state index is 0.0721. The van der Waals surface area contributed by atoms with E-state index < -0.39 is 0 Å². The predicted octanol–water partition coefficient (Wildman–Crippen LogP) is 2.07. The molecule has 2 fully saturated rings. The van der Waals surface area contributed by atoms with Crippen molar-refractivity contribution in [2.75, 3.05) is 11.9 Å². The number of aromatic nitrogens is 1. The summed E-state index contributed by atoms with van der Waals surface area (Å²) in [5.41, 5.74) is 0. The van der Waals surface area contributed by atoms with Crippen molar-refractivity contribution in [3.63, 3.8) is 0 Å². The van der Waals surface area contributed by atoms with Gasteiger partial charge >= 0.3 is 6.03 Å². The summed E-state index contributed by atoms with van der Waals surface area (Å²) < 4.78 is 5.18. The van der Waals surface area contributed by atoms with E-state index in [0.29, 0.717) is 5.82 Å². The normalized spacial score (nSPS) is 24.9. The summed E-state index contributed by atoms with van der Waals surface area (Å²) in [6, 6.07) is 1.59. The molecule has 1 aliphatic heterocycles. The van der Waals surface area contributed by atoms with Gasteiger partial charge in [-0.05, 0) is 12.8 Å². The van der Waals surface area contributed by atoms with E-state index in [0.717, 1.165) is 31.4 Å². The quantitative estimate of drug-likeness (QED) is 0.875. The van der Waals surface area contributed by atoms with Crippen LogP contribution in [0.5, 0.6) is 0 Å². The maximum atomic E-state index is 12.5. The first kappa shape index (κ1) is 14.9. The third kappa shape index (κ3) is 2.93. The number of piperazine rings is 1. The highest BCUT2D eigenvalue weighted by atomic mass is 16.5. The molecule has 1 aromatic rings. The van der Waals surface area contributed by atoms with E-state index in [2.05, 4.69) is 15.8 Å². The lowest BCUT2D eigenvalue weighted by Crippen LogP contribution is -2.63. The molecule has 0 spiro atoms. The zero-order chi connectivity index (χ0) is 15.7. The molecule has 2 atom stereocenters. The minimum Gasteiger partial charge on any atom is -0.359 e. The molecule has 2 N–H and O–H groups in total. The zero-order valence-electron chi connectivity index (χ0n) is 13.0. The average Bonchev–Trinajstić information content (AvgIpc) is 2.95. The lowest BCUT2D eigenvalue weighted by atomic mass is 9.87. The topological polar surface area (TPSA) is 87.5 Å². The molecule has 1 aliphatic carbocycles. The first-order chi connectivity index (χ1) is 10.5. The van der Waals surface area contributed by atoms with Gasteiger partial charge in [0.15, 0.2) is 5.82 Å². The molecule has 0 aromatic carbocycles. The number of anilines is 1. The number of carbonyl (C=O) groups excluding carboxylic acids is 2. The Morgan fingerprint density at radius 1 is 1.45 bits per heavy atom. The van der Waals surface area contributed by atoms with E-state index >= 15 is 0 Å². The lowest BCUT2D eigenvalue weighted by Gasteiger charge is -2.43. The fourth-order valence-electron chi connectivity index (χ4n) is 3.20. The fraction of sp³-hybridized carbons (Fsp3) is 0.667. The molecule has 1 saturated carbocycles. The van der Waals surface area contributed by atoms with Gasteiger partial charge in [-0.1, -0.05) is 31.8 Å². The largest absolute Gasteiger partial charge is 0.359 e. The van der Waals surface area contributed by atoms with Crippen LogP contribution in [-0.2, 0) is 4.79 Å². The maximum absolute atomic E-state index is 12.5. The zero-order valence-corrected chi connectivity index (χ0v) is 13.0. The van der Waals surface area contributed by atoms with Crippen LogP contribution in [0.4, 0.5) is 10.6 Å². The molecular formula is C15H22N4O3. The Morgan fingerprint density at radius 3 is 2.95 bits per heavy atom. The number of hydrogen-bond acceptors (Lipinski definition) is 4. The molecule has 7 nitrogen and oxygen atoms in total. The van der Waals surface area contributed by atoms with Crippen LogP contribution in [0.3, 0.4) is 0 Å². The number of urea groups is 1. The minimum atomic E-state index is -0.282. The van der Waals surface area contributed by atoms with Gasteiger partial charge in [-0.15, -0.1) is 0 Å². The second-order valence-corrected chi connectivity index (χ2v) is 6.35. The molecule has 3 amide bonds. The van der Waals surface area contributed by atoms with Crippen molar-refractivity contribution in [1.82, 2.24) is 15.4 Å². The smallest absolute Gasteiger partial charge is 0.323 e. The Morgan fingerprint density at radius 2 is 2.23 bits per heavy atom.